The summed E-state index contributed by atoms with van der Waals surface area (Å²) in [4.78, 5) is 2.44. The maximum absolute atomic E-state index is 6.54. The second-order valence-electron chi connectivity index (χ2n) is 14.9. The van der Waals surface area contributed by atoms with Gasteiger partial charge in [0.15, 0.2) is 0 Å². The van der Waals surface area contributed by atoms with Crippen LogP contribution in [0.15, 0.2) is 211 Å². The van der Waals surface area contributed by atoms with Crippen LogP contribution in [-0.2, 0) is 0 Å². The van der Waals surface area contributed by atoms with E-state index in [1.54, 1.807) is 0 Å². The van der Waals surface area contributed by atoms with Gasteiger partial charge in [-0.15, -0.1) is 11.3 Å². The van der Waals surface area contributed by atoms with Gasteiger partial charge in [0.1, 0.15) is 11.2 Å². The summed E-state index contributed by atoms with van der Waals surface area (Å²) in [6.07, 6.45) is 0. The molecule has 0 amide bonds. The minimum Gasteiger partial charge on any atom is -0.456 e. The Hall–Kier alpha value is -7.40. The number of nitrogens with zero attached hydrogens (tertiary/aromatic N) is 2. The normalized spacial score (nSPS) is 11.8. The summed E-state index contributed by atoms with van der Waals surface area (Å²) in [5.74, 6) is 0. The number of benzene rings is 9. The monoisotopic (exact) mass is 758 g/mol. The first-order valence-electron chi connectivity index (χ1n) is 19.7. The number of anilines is 3. The maximum Gasteiger partial charge on any atom is 0.137 e. The highest BCUT2D eigenvalue weighted by Crippen LogP contribution is 2.50. The number of furan rings is 1. The fourth-order valence-electron chi connectivity index (χ4n) is 8.94. The summed E-state index contributed by atoms with van der Waals surface area (Å²) >= 11 is 1.88. The van der Waals surface area contributed by atoms with E-state index >= 15 is 0 Å². The molecule has 9 aromatic carbocycles. The molecule has 0 aliphatic carbocycles. The van der Waals surface area contributed by atoms with Crippen LogP contribution in [0.25, 0.3) is 91.9 Å². The van der Waals surface area contributed by atoms with E-state index in [9.17, 15) is 0 Å². The molecule has 0 bridgehead atoms. The zero-order valence-electron chi connectivity index (χ0n) is 31.3. The van der Waals surface area contributed by atoms with Crippen molar-refractivity contribution < 1.29 is 4.42 Å². The van der Waals surface area contributed by atoms with Crippen molar-refractivity contribution in [3.63, 3.8) is 0 Å². The second kappa shape index (κ2) is 13.1. The maximum atomic E-state index is 6.54. The molecule has 3 heterocycles. The smallest absolute Gasteiger partial charge is 0.137 e. The number of para-hydroxylation sites is 3. The zero-order valence-corrected chi connectivity index (χ0v) is 32.2. The van der Waals surface area contributed by atoms with Gasteiger partial charge in [-0.2, -0.15) is 0 Å². The Morgan fingerprint density at radius 2 is 1.05 bits per heavy atom. The number of rotatable bonds is 6. The van der Waals surface area contributed by atoms with Crippen LogP contribution in [0.4, 0.5) is 17.1 Å². The Morgan fingerprint density at radius 1 is 0.414 bits per heavy atom. The van der Waals surface area contributed by atoms with Crippen molar-refractivity contribution in [2.24, 2.45) is 0 Å². The van der Waals surface area contributed by atoms with Crippen LogP contribution in [-0.4, -0.2) is 4.57 Å². The summed E-state index contributed by atoms with van der Waals surface area (Å²) in [7, 11) is 0. The van der Waals surface area contributed by atoms with Crippen molar-refractivity contribution in [3.05, 3.63) is 206 Å². The Labute approximate surface area is 338 Å². The van der Waals surface area contributed by atoms with E-state index in [2.05, 4.69) is 210 Å². The Morgan fingerprint density at radius 3 is 1.88 bits per heavy atom. The largest absolute Gasteiger partial charge is 0.456 e. The van der Waals surface area contributed by atoms with Crippen LogP contribution in [0, 0.1) is 0 Å². The number of aromatic nitrogens is 1. The summed E-state index contributed by atoms with van der Waals surface area (Å²) < 4.78 is 11.4. The summed E-state index contributed by atoms with van der Waals surface area (Å²) in [6, 6.07) is 74.4. The van der Waals surface area contributed by atoms with Crippen molar-refractivity contribution >= 4 is 92.3 Å². The van der Waals surface area contributed by atoms with Crippen LogP contribution < -0.4 is 4.90 Å². The first-order chi connectivity index (χ1) is 28.8. The molecule has 12 rings (SSSR count). The molecule has 0 fully saturated rings. The van der Waals surface area contributed by atoms with Crippen LogP contribution in [0.5, 0.6) is 0 Å². The number of fused-ring (bicyclic) bond motifs is 9. The van der Waals surface area contributed by atoms with E-state index in [1.807, 2.05) is 17.4 Å². The predicted octanol–water partition coefficient (Wildman–Crippen LogP) is 15.9. The minimum atomic E-state index is 0.866. The van der Waals surface area contributed by atoms with Gasteiger partial charge in [0.05, 0.1) is 16.7 Å². The van der Waals surface area contributed by atoms with E-state index in [4.69, 9.17) is 4.42 Å². The quantitative estimate of drug-likeness (QED) is 0.168. The van der Waals surface area contributed by atoms with Gasteiger partial charge in [0.2, 0.25) is 0 Å². The lowest BCUT2D eigenvalue weighted by Crippen LogP contribution is -2.10. The number of hydrogen-bond acceptors (Lipinski definition) is 3. The predicted molar refractivity (Wildman–Crippen MR) is 247 cm³/mol. The Bertz CT molecular complexity index is 3510. The van der Waals surface area contributed by atoms with Gasteiger partial charge < -0.3 is 13.9 Å². The highest BCUT2D eigenvalue weighted by molar-refractivity contribution is 7.26. The van der Waals surface area contributed by atoms with E-state index in [1.165, 1.54) is 64.2 Å². The van der Waals surface area contributed by atoms with E-state index in [0.29, 0.717) is 0 Å². The van der Waals surface area contributed by atoms with Gasteiger partial charge in [-0.25, -0.2) is 0 Å². The van der Waals surface area contributed by atoms with Crippen molar-refractivity contribution in [2.75, 3.05) is 4.90 Å². The van der Waals surface area contributed by atoms with E-state index in [-0.39, 0.29) is 0 Å². The third-order valence-corrected chi connectivity index (χ3v) is 12.8. The first-order valence-corrected chi connectivity index (χ1v) is 20.5. The molecule has 3 aromatic heterocycles. The standard InChI is InChI=1S/C54H34N2OS/c1-4-14-35(15-5-1)37-24-27-45-52(32-37)58-54-41(36-16-6-2-7-17-36)29-31-49(53(45)54)55(40-25-28-44-43-21-11-13-23-50(43)57-51(44)34-40)39-26-30-48-46(33-39)42-20-10-12-22-47(42)56(48)38-18-8-3-9-19-38/h1-34H. The van der Waals surface area contributed by atoms with Gasteiger partial charge in [-0.3, -0.25) is 0 Å². The molecule has 58 heavy (non-hydrogen) atoms. The van der Waals surface area contributed by atoms with Gasteiger partial charge in [0.25, 0.3) is 0 Å². The van der Waals surface area contributed by atoms with E-state index < -0.39 is 0 Å². The molecule has 3 nitrogen and oxygen atoms in total. The average Bonchev–Trinajstić information content (AvgIpc) is 3.97. The molecule has 0 saturated heterocycles. The fraction of sp³-hybridized carbons (Fsp3) is 0. The molecule has 0 aliphatic heterocycles. The molecule has 272 valence electrons. The molecule has 0 spiro atoms. The van der Waals surface area contributed by atoms with Crippen LogP contribution in [0.2, 0.25) is 0 Å². The molecule has 12 aromatic rings. The Balaban J connectivity index is 1.16. The number of thiophene rings is 1. The highest BCUT2D eigenvalue weighted by Gasteiger charge is 2.24. The van der Waals surface area contributed by atoms with E-state index in [0.717, 1.165) is 44.7 Å². The minimum absolute atomic E-state index is 0.866. The second-order valence-corrected chi connectivity index (χ2v) is 15.9. The molecule has 0 N–H and O–H groups in total. The molecule has 0 unspecified atom stereocenters. The SMILES string of the molecule is c1ccc(-c2ccc3c(c2)sc2c(-c4ccccc4)ccc(N(c4ccc5c(c4)oc4ccccc45)c4ccc5c(c4)c4ccccc4n5-c4ccccc4)c23)cc1. The molecular weight excluding hydrogens is 725 g/mol. The summed E-state index contributed by atoms with van der Waals surface area (Å²) in [5, 5.41) is 7.13. The highest BCUT2D eigenvalue weighted by atomic mass is 32.1. The third-order valence-electron chi connectivity index (χ3n) is 11.6. The summed E-state index contributed by atoms with van der Waals surface area (Å²) in [6.45, 7) is 0. The topological polar surface area (TPSA) is 21.3 Å². The van der Waals surface area contributed by atoms with Crippen molar-refractivity contribution in [2.45, 2.75) is 0 Å². The zero-order chi connectivity index (χ0) is 38.2. The van der Waals surface area contributed by atoms with Gasteiger partial charge in [0, 0.05) is 64.8 Å². The third kappa shape index (κ3) is 5.12. The first kappa shape index (κ1) is 32.8. The molecule has 0 saturated carbocycles. The molecule has 0 atom stereocenters. The average molecular weight is 759 g/mol. The van der Waals surface area contributed by atoms with Gasteiger partial charge >= 0.3 is 0 Å². The van der Waals surface area contributed by atoms with Gasteiger partial charge in [-0.05, 0) is 89.0 Å². The van der Waals surface area contributed by atoms with Crippen molar-refractivity contribution in [1.29, 1.82) is 0 Å². The molecular formula is C54H34N2OS. The number of hydrogen-bond donors (Lipinski definition) is 0. The van der Waals surface area contributed by atoms with Crippen LogP contribution in [0.3, 0.4) is 0 Å². The lowest BCUT2D eigenvalue weighted by molar-refractivity contribution is 0.669. The van der Waals surface area contributed by atoms with Gasteiger partial charge in [-0.1, -0.05) is 133 Å². The van der Waals surface area contributed by atoms with Crippen LogP contribution >= 0.6 is 11.3 Å². The molecule has 0 radical (unpaired) electrons. The fourth-order valence-corrected chi connectivity index (χ4v) is 10.2. The molecule has 0 aliphatic rings. The lowest BCUT2D eigenvalue weighted by atomic mass is 9.98. The van der Waals surface area contributed by atoms with Crippen molar-refractivity contribution in [3.8, 4) is 27.9 Å². The summed E-state index contributed by atoms with van der Waals surface area (Å²) in [5.41, 5.74) is 13.4. The van der Waals surface area contributed by atoms with Crippen LogP contribution in [0.1, 0.15) is 0 Å². The van der Waals surface area contributed by atoms with Crippen molar-refractivity contribution in [1.82, 2.24) is 4.57 Å². The Kier molecular flexibility index (Phi) is 7.40. The molecule has 4 heteroatoms. The lowest BCUT2D eigenvalue weighted by Gasteiger charge is -2.27.